The third-order valence-corrected chi connectivity index (χ3v) is 7.35. The third kappa shape index (κ3) is 7.03. The van der Waals surface area contributed by atoms with Crippen LogP contribution in [-0.4, -0.2) is 55.8 Å². The molecule has 34 heavy (non-hydrogen) atoms. The molecule has 2 aromatic rings. The second-order valence-corrected chi connectivity index (χ2v) is 10.6. The van der Waals surface area contributed by atoms with Crippen LogP contribution < -0.4 is 10.1 Å². The molecule has 1 N–H and O–H groups in total. The average molecular weight is 485 g/mol. The SMILES string of the molecule is CC(C)Oc1ccc(S(=O)(=O)N2CCCCC2)cc1NC(=O)CN(CC#N)Cc1ccccc1. The molecule has 8 nitrogen and oxygen atoms in total. The fourth-order valence-electron chi connectivity index (χ4n) is 3.88. The molecule has 0 saturated carbocycles. The molecule has 182 valence electrons. The largest absolute Gasteiger partial charge is 0.489 e. The molecule has 1 saturated heterocycles. The van der Waals surface area contributed by atoms with Crippen molar-refractivity contribution in [2.45, 2.75) is 50.7 Å². The molecule has 1 amide bonds. The molecule has 1 aliphatic rings. The smallest absolute Gasteiger partial charge is 0.243 e. The molecule has 1 heterocycles. The van der Waals surface area contributed by atoms with Crippen LogP contribution in [0.4, 0.5) is 5.69 Å². The summed E-state index contributed by atoms with van der Waals surface area (Å²) in [5.74, 6) is 0.0446. The fourth-order valence-corrected chi connectivity index (χ4v) is 5.42. The quantitative estimate of drug-likeness (QED) is 0.517. The number of hydrogen-bond donors (Lipinski definition) is 1. The zero-order valence-corrected chi connectivity index (χ0v) is 20.6. The average Bonchev–Trinajstić information content (AvgIpc) is 2.81. The van der Waals surface area contributed by atoms with Crippen molar-refractivity contribution >= 4 is 21.6 Å². The number of anilines is 1. The predicted molar refractivity (Wildman–Crippen MR) is 131 cm³/mol. The number of hydrogen-bond acceptors (Lipinski definition) is 6. The highest BCUT2D eigenvalue weighted by Gasteiger charge is 2.27. The molecule has 0 aliphatic carbocycles. The lowest BCUT2D eigenvalue weighted by atomic mass is 10.2. The summed E-state index contributed by atoms with van der Waals surface area (Å²) in [5, 5.41) is 12.0. The zero-order valence-electron chi connectivity index (χ0n) is 19.7. The van der Waals surface area contributed by atoms with Crippen LogP contribution in [0.5, 0.6) is 5.75 Å². The van der Waals surface area contributed by atoms with Gasteiger partial charge in [0.25, 0.3) is 0 Å². The van der Waals surface area contributed by atoms with Crippen LogP contribution in [0.3, 0.4) is 0 Å². The Balaban J connectivity index is 1.80. The van der Waals surface area contributed by atoms with Crippen LogP contribution in [0.15, 0.2) is 53.4 Å². The Labute approximate surface area is 202 Å². The van der Waals surface area contributed by atoms with E-state index in [0.717, 1.165) is 24.8 Å². The Morgan fingerprint density at radius 2 is 1.85 bits per heavy atom. The van der Waals surface area contributed by atoms with Crippen molar-refractivity contribution in [1.29, 1.82) is 5.26 Å². The molecule has 2 aromatic carbocycles. The Hall–Kier alpha value is -2.93. The first-order valence-electron chi connectivity index (χ1n) is 11.5. The molecule has 0 spiro atoms. The van der Waals surface area contributed by atoms with Gasteiger partial charge in [0.2, 0.25) is 15.9 Å². The van der Waals surface area contributed by atoms with Crippen molar-refractivity contribution < 1.29 is 17.9 Å². The first-order chi connectivity index (χ1) is 16.3. The third-order valence-electron chi connectivity index (χ3n) is 5.45. The molecule has 3 rings (SSSR count). The minimum atomic E-state index is -3.66. The molecule has 0 atom stereocenters. The first kappa shape index (κ1) is 25.7. The number of sulfonamides is 1. The van der Waals surface area contributed by atoms with Gasteiger partial charge >= 0.3 is 0 Å². The van der Waals surface area contributed by atoms with Gasteiger partial charge in [0, 0.05) is 19.6 Å². The van der Waals surface area contributed by atoms with Crippen molar-refractivity contribution in [2.24, 2.45) is 0 Å². The highest BCUT2D eigenvalue weighted by molar-refractivity contribution is 7.89. The highest BCUT2D eigenvalue weighted by atomic mass is 32.2. The van der Waals surface area contributed by atoms with E-state index >= 15 is 0 Å². The second kappa shape index (κ2) is 12.0. The monoisotopic (exact) mass is 484 g/mol. The molecular formula is C25H32N4O4S. The molecular weight excluding hydrogens is 452 g/mol. The van der Waals surface area contributed by atoms with Crippen molar-refractivity contribution in [2.75, 3.05) is 31.5 Å². The maximum absolute atomic E-state index is 13.2. The maximum Gasteiger partial charge on any atom is 0.243 e. The van der Waals surface area contributed by atoms with Gasteiger partial charge in [0.15, 0.2) is 0 Å². The summed E-state index contributed by atoms with van der Waals surface area (Å²) in [6.07, 6.45) is 2.55. The van der Waals surface area contributed by atoms with Crippen molar-refractivity contribution in [3.8, 4) is 11.8 Å². The van der Waals surface area contributed by atoms with Crippen LogP contribution in [-0.2, 0) is 21.4 Å². The number of carbonyl (C=O) groups excluding carboxylic acids is 1. The Kier molecular flexibility index (Phi) is 9.05. The lowest BCUT2D eigenvalue weighted by molar-refractivity contribution is -0.117. The van der Waals surface area contributed by atoms with E-state index in [1.54, 1.807) is 11.0 Å². The predicted octanol–water partition coefficient (Wildman–Crippen LogP) is 3.61. The van der Waals surface area contributed by atoms with Gasteiger partial charge in [-0.1, -0.05) is 36.8 Å². The van der Waals surface area contributed by atoms with Crippen LogP contribution in [0.2, 0.25) is 0 Å². The van der Waals surface area contributed by atoms with Crippen molar-refractivity contribution in [1.82, 2.24) is 9.21 Å². The molecule has 0 bridgehead atoms. The number of nitrogens with one attached hydrogen (secondary N) is 1. The van der Waals surface area contributed by atoms with Crippen LogP contribution in [0.1, 0.15) is 38.7 Å². The van der Waals surface area contributed by atoms with Crippen LogP contribution >= 0.6 is 0 Å². The van der Waals surface area contributed by atoms with Crippen LogP contribution in [0, 0.1) is 11.3 Å². The fraction of sp³-hybridized carbons (Fsp3) is 0.440. The number of nitriles is 1. The Morgan fingerprint density at radius 1 is 1.15 bits per heavy atom. The number of carbonyl (C=O) groups is 1. The minimum Gasteiger partial charge on any atom is -0.489 e. The Morgan fingerprint density at radius 3 is 2.50 bits per heavy atom. The normalized spacial score (nSPS) is 14.7. The van der Waals surface area contributed by atoms with E-state index in [2.05, 4.69) is 11.4 Å². The van der Waals surface area contributed by atoms with E-state index in [0.29, 0.717) is 31.1 Å². The lowest BCUT2D eigenvalue weighted by Gasteiger charge is -2.26. The van der Waals surface area contributed by atoms with Crippen LogP contribution in [0.25, 0.3) is 0 Å². The summed E-state index contributed by atoms with van der Waals surface area (Å²) in [4.78, 5) is 14.8. The van der Waals surface area contributed by atoms with E-state index in [-0.39, 0.29) is 30.0 Å². The molecule has 1 aliphatic heterocycles. The summed E-state index contributed by atoms with van der Waals surface area (Å²) >= 11 is 0. The van der Waals surface area contributed by atoms with E-state index in [1.807, 2.05) is 44.2 Å². The standard InChI is InChI=1S/C25H32N4O4S/c1-20(2)33-24-12-11-22(34(31,32)29-14-7-4-8-15-29)17-23(24)27-25(30)19-28(16-13-26)18-21-9-5-3-6-10-21/h3,5-6,9-12,17,20H,4,7-8,14-16,18-19H2,1-2H3,(H,27,30). The summed E-state index contributed by atoms with van der Waals surface area (Å²) in [6.45, 7) is 5.22. The molecule has 0 unspecified atom stereocenters. The number of nitrogens with zero attached hydrogens (tertiary/aromatic N) is 3. The minimum absolute atomic E-state index is 0.0212. The molecule has 9 heteroatoms. The second-order valence-electron chi connectivity index (χ2n) is 8.63. The summed E-state index contributed by atoms with van der Waals surface area (Å²) in [5.41, 5.74) is 1.29. The van der Waals surface area contributed by atoms with E-state index in [9.17, 15) is 18.5 Å². The number of ether oxygens (including phenoxy) is 1. The van der Waals surface area contributed by atoms with Gasteiger partial charge in [-0.2, -0.15) is 9.57 Å². The Bertz CT molecular complexity index is 1110. The van der Waals surface area contributed by atoms with Crippen molar-refractivity contribution in [3.63, 3.8) is 0 Å². The van der Waals surface area contributed by atoms with Gasteiger partial charge in [-0.25, -0.2) is 8.42 Å². The first-order valence-corrected chi connectivity index (χ1v) is 13.0. The topological polar surface area (TPSA) is 103 Å². The van der Waals surface area contributed by atoms with Gasteiger partial charge in [0.1, 0.15) is 5.75 Å². The van der Waals surface area contributed by atoms with Crippen molar-refractivity contribution in [3.05, 3.63) is 54.1 Å². The summed E-state index contributed by atoms with van der Waals surface area (Å²) in [6, 6.07) is 16.3. The van der Waals surface area contributed by atoms with Gasteiger partial charge in [-0.05, 0) is 50.5 Å². The number of rotatable bonds is 10. The van der Waals surface area contributed by atoms with E-state index < -0.39 is 10.0 Å². The maximum atomic E-state index is 13.2. The number of benzene rings is 2. The number of amides is 1. The zero-order chi connectivity index (χ0) is 24.6. The summed E-state index contributed by atoms with van der Waals surface area (Å²) < 4.78 is 33.6. The molecule has 0 radical (unpaired) electrons. The van der Waals surface area contributed by atoms with Gasteiger partial charge in [0.05, 0.1) is 35.8 Å². The van der Waals surface area contributed by atoms with Gasteiger partial charge in [-0.3, -0.25) is 9.69 Å². The molecule has 1 fully saturated rings. The summed E-state index contributed by atoms with van der Waals surface area (Å²) in [7, 11) is -3.66. The van der Waals surface area contributed by atoms with Gasteiger partial charge in [-0.15, -0.1) is 0 Å². The van der Waals surface area contributed by atoms with E-state index in [1.165, 1.54) is 16.4 Å². The highest BCUT2D eigenvalue weighted by Crippen LogP contribution is 2.31. The van der Waals surface area contributed by atoms with Gasteiger partial charge < -0.3 is 10.1 Å². The number of piperidine rings is 1. The lowest BCUT2D eigenvalue weighted by Crippen LogP contribution is -2.35. The molecule has 0 aromatic heterocycles. The van der Waals surface area contributed by atoms with E-state index in [4.69, 9.17) is 4.74 Å².